The molecular weight excluding hydrogens is 332 g/mol. The van der Waals surface area contributed by atoms with Gasteiger partial charge < -0.3 is 0 Å². The molecule has 26 heavy (non-hydrogen) atoms. The van der Waals surface area contributed by atoms with Crippen LogP contribution >= 0.6 is 0 Å². The summed E-state index contributed by atoms with van der Waals surface area (Å²) in [4.78, 5) is 22.4. The van der Waals surface area contributed by atoms with Crippen molar-refractivity contribution in [2.75, 3.05) is 0 Å². The Morgan fingerprint density at radius 3 is 2.65 bits per heavy atom. The standard InChI is InChI=1S/C18H20N6O2/c1-13-7-6-10-16(19-13)12-26-21-18(25)17(24-14(2)20-22-23-24)11-15-8-4-3-5-9-15/h3-10,17H,11-12H2,1-2H3,(H,21,25). The maximum atomic E-state index is 12.7. The number of hydrogen-bond acceptors (Lipinski definition) is 6. The molecule has 0 aliphatic rings. The van der Waals surface area contributed by atoms with Gasteiger partial charge in [0.1, 0.15) is 18.5 Å². The van der Waals surface area contributed by atoms with E-state index in [9.17, 15) is 4.79 Å². The molecule has 0 bridgehead atoms. The van der Waals surface area contributed by atoms with Crippen molar-refractivity contribution in [3.05, 3.63) is 71.3 Å². The van der Waals surface area contributed by atoms with Gasteiger partial charge in [-0.05, 0) is 42.0 Å². The molecule has 8 heteroatoms. The molecule has 1 amide bonds. The van der Waals surface area contributed by atoms with E-state index in [4.69, 9.17) is 4.84 Å². The smallest absolute Gasteiger partial charge is 0.268 e. The van der Waals surface area contributed by atoms with Gasteiger partial charge in [-0.25, -0.2) is 10.2 Å². The molecule has 0 spiro atoms. The Kier molecular flexibility index (Phi) is 5.65. The molecule has 0 aliphatic carbocycles. The van der Waals surface area contributed by atoms with E-state index in [-0.39, 0.29) is 12.5 Å². The number of hydroxylamine groups is 1. The van der Waals surface area contributed by atoms with Crippen LogP contribution in [0.4, 0.5) is 0 Å². The van der Waals surface area contributed by atoms with Crippen molar-refractivity contribution in [2.45, 2.75) is 32.9 Å². The first kappa shape index (κ1) is 17.7. The average molecular weight is 352 g/mol. The number of amides is 1. The fraction of sp³-hybridized carbons (Fsp3) is 0.278. The Morgan fingerprint density at radius 2 is 1.96 bits per heavy atom. The minimum atomic E-state index is -0.613. The van der Waals surface area contributed by atoms with Gasteiger partial charge in [0, 0.05) is 12.1 Å². The molecule has 0 saturated carbocycles. The maximum Gasteiger partial charge on any atom is 0.268 e. The zero-order chi connectivity index (χ0) is 18.4. The fourth-order valence-corrected chi connectivity index (χ4v) is 2.58. The number of tetrazole rings is 1. The zero-order valence-electron chi connectivity index (χ0n) is 14.7. The second kappa shape index (κ2) is 8.30. The van der Waals surface area contributed by atoms with Crippen molar-refractivity contribution in [3.63, 3.8) is 0 Å². The first-order valence-corrected chi connectivity index (χ1v) is 8.26. The van der Waals surface area contributed by atoms with Crippen molar-refractivity contribution < 1.29 is 9.63 Å². The lowest BCUT2D eigenvalue weighted by Crippen LogP contribution is -2.35. The lowest BCUT2D eigenvalue weighted by Gasteiger charge is -2.17. The fourth-order valence-electron chi connectivity index (χ4n) is 2.58. The minimum Gasteiger partial charge on any atom is -0.270 e. The van der Waals surface area contributed by atoms with Crippen LogP contribution in [0.2, 0.25) is 0 Å². The van der Waals surface area contributed by atoms with E-state index in [1.54, 1.807) is 6.92 Å². The van der Waals surface area contributed by atoms with Gasteiger partial charge in [-0.2, -0.15) is 0 Å². The van der Waals surface area contributed by atoms with E-state index in [1.807, 2.05) is 55.5 Å². The Bertz CT molecular complexity index is 865. The summed E-state index contributed by atoms with van der Waals surface area (Å²) in [7, 11) is 0. The Labute approximate surface area is 151 Å². The predicted molar refractivity (Wildman–Crippen MR) is 93.6 cm³/mol. The van der Waals surface area contributed by atoms with Gasteiger partial charge in [0.05, 0.1) is 5.69 Å². The van der Waals surface area contributed by atoms with E-state index in [1.165, 1.54) is 4.68 Å². The SMILES string of the molecule is Cc1cccc(CONC(=O)C(Cc2ccccc2)n2nnnc2C)n1. The average Bonchev–Trinajstić information content (AvgIpc) is 3.06. The Hall–Kier alpha value is -3.13. The summed E-state index contributed by atoms with van der Waals surface area (Å²) in [5.74, 6) is 0.235. The van der Waals surface area contributed by atoms with Crippen molar-refractivity contribution in [1.82, 2.24) is 30.7 Å². The summed E-state index contributed by atoms with van der Waals surface area (Å²) < 4.78 is 1.50. The predicted octanol–water partition coefficient (Wildman–Crippen LogP) is 1.72. The molecule has 3 rings (SSSR count). The van der Waals surface area contributed by atoms with Gasteiger partial charge in [-0.3, -0.25) is 14.6 Å². The van der Waals surface area contributed by atoms with E-state index in [2.05, 4.69) is 26.0 Å². The molecule has 0 saturated heterocycles. The van der Waals surface area contributed by atoms with Crippen LogP contribution in [-0.4, -0.2) is 31.1 Å². The van der Waals surface area contributed by atoms with Gasteiger partial charge >= 0.3 is 0 Å². The van der Waals surface area contributed by atoms with E-state index >= 15 is 0 Å². The summed E-state index contributed by atoms with van der Waals surface area (Å²) in [6, 6.07) is 14.7. The van der Waals surface area contributed by atoms with Crippen molar-refractivity contribution in [1.29, 1.82) is 0 Å². The van der Waals surface area contributed by atoms with E-state index in [0.717, 1.165) is 17.0 Å². The second-order valence-electron chi connectivity index (χ2n) is 5.90. The van der Waals surface area contributed by atoms with E-state index in [0.29, 0.717) is 12.2 Å². The molecule has 3 aromatic rings. The van der Waals surface area contributed by atoms with Gasteiger partial charge in [0.15, 0.2) is 0 Å². The molecule has 0 aliphatic heterocycles. The summed E-state index contributed by atoms with van der Waals surface area (Å²) in [5, 5.41) is 11.4. The third-order valence-corrected chi connectivity index (χ3v) is 3.87. The van der Waals surface area contributed by atoms with Crippen LogP contribution < -0.4 is 5.48 Å². The maximum absolute atomic E-state index is 12.7. The number of nitrogens with zero attached hydrogens (tertiary/aromatic N) is 5. The highest BCUT2D eigenvalue weighted by atomic mass is 16.7. The number of benzene rings is 1. The summed E-state index contributed by atoms with van der Waals surface area (Å²) in [5.41, 5.74) is 5.13. The number of carbonyl (C=O) groups is 1. The lowest BCUT2D eigenvalue weighted by molar-refractivity contribution is -0.138. The van der Waals surface area contributed by atoms with Crippen molar-refractivity contribution in [2.24, 2.45) is 0 Å². The number of nitrogens with one attached hydrogen (secondary N) is 1. The number of rotatable bonds is 7. The molecule has 1 aromatic carbocycles. The van der Waals surface area contributed by atoms with Gasteiger partial charge in [0.25, 0.3) is 5.91 Å². The van der Waals surface area contributed by atoms with Gasteiger partial charge in [-0.1, -0.05) is 36.4 Å². The largest absolute Gasteiger partial charge is 0.270 e. The first-order chi connectivity index (χ1) is 12.6. The topological polar surface area (TPSA) is 94.8 Å². The molecule has 0 radical (unpaired) electrons. The van der Waals surface area contributed by atoms with Crippen LogP contribution in [-0.2, 0) is 22.7 Å². The second-order valence-corrected chi connectivity index (χ2v) is 5.90. The zero-order valence-corrected chi connectivity index (χ0v) is 14.7. The Balaban J connectivity index is 1.67. The monoisotopic (exact) mass is 352 g/mol. The summed E-state index contributed by atoms with van der Waals surface area (Å²) in [6.07, 6.45) is 0.449. The van der Waals surface area contributed by atoms with Gasteiger partial charge in [0.2, 0.25) is 0 Å². The number of carbonyl (C=O) groups excluding carboxylic acids is 1. The van der Waals surface area contributed by atoms with Crippen LogP contribution in [0.1, 0.15) is 28.8 Å². The minimum absolute atomic E-state index is 0.181. The van der Waals surface area contributed by atoms with Crippen LogP contribution in [0.3, 0.4) is 0 Å². The lowest BCUT2D eigenvalue weighted by atomic mass is 10.1. The summed E-state index contributed by atoms with van der Waals surface area (Å²) >= 11 is 0. The molecule has 0 fully saturated rings. The molecule has 1 unspecified atom stereocenters. The number of hydrogen-bond donors (Lipinski definition) is 1. The molecule has 1 atom stereocenters. The number of aryl methyl sites for hydroxylation is 2. The van der Waals surface area contributed by atoms with Crippen LogP contribution in [0.15, 0.2) is 48.5 Å². The van der Waals surface area contributed by atoms with Crippen molar-refractivity contribution in [3.8, 4) is 0 Å². The van der Waals surface area contributed by atoms with Gasteiger partial charge in [-0.15, -0.1) is 5.10 Å². The molecule has 8 nitrogen and oxygen atoms in total. The van der Waals surface area contributed by atoms with E-state index < -0.39 is 6.04 Å². The molecular formula is C18H20N6O2. The highest BCUT2D eigenvalue weighted by Gasteiger charge is 2.24. The molecule has 2 heterocycles. The molecule has 134 valence electrons. The van der Waals surface area contributed by atoms with Crippen LogP contribution in [0, 0.1) is 13.8 Å². The molecule has 1 N–H and O–H groups in total. The molecule has 2 aromatic heterocycles. The third kappa shape index (κ3) is 4.48. The quantitative estimate of drug-likeness (QED) is 0.651. The highest BCUT2D eigenvalue weighted by molar-refractivity contribution is 5.79. The van der Waals surface area contributed by atoms with Crippen LogP contribution in [0.5, 0.6) is 0 Å². The number of aromatic nitrogens is 5. The normalized spacial score (nSPS) is 11.9. The number of pyridine rings is 1. The van der Waals surface area contributed by atoms with Crippen molar-refractivity contribution >= 4 is 5.91 Å². The third-order valence-electron chi connectivity index (χ3n) is 3.87. The summed E-state index contributed by atoms with van der Waals surface area (Å²) in [6.45, 7) is 3.83. The highest BCUT2D eigenvalue weighted by Crippen LogP contribution is 2.15. The first-order valence-electron chi connectivity index (χ1n) is 8.26. The Morgan fingerprint density at radius 1 is 1.15 bits per heavy atom. The van der Waals surface area contributed by atoms with Crippen LogP contribution in [0.25, 0.3) is 0 Å².